The standard InChI is InChI=1S/C10H16N2O/c1-4-5-6-9-7-10(8(2)13)12(3)11-9/h7H,4-6H2,1-3H3. The Labute approximate surface area is 78.8 Å². The second kappa shape index (κ2) is 4.21. The van der Waals surface area contributed by atoms with Crippen molar-refractivity contribution in [2.75, 3.05) is 0 Å². The lowest BCUT2D eigenvalue weighted by atomic mass is 10.2. The molecule has 3 nitrogen and oxygen atoms in total. The minimum atomic E-state index is 0.0812. The lowest BCUT2D eigenvalue weighted by Gasteiger charge is -1.92. The number of Topliss-reactive ketones (excluding diaryl/α,β-unsaturated/α-hetero) is 1. The first kappa shape index (κ1) is 9.96. The molecule has 3 heteroatoms. The van der Waals surface area contributed by atoms with E-state index >= 15 is 0 Å². The number of hydrogen-bond acceptors (Lipinski definition) is 2. The fraction of sp³-hybridized carbons (Fsp3) is 0.600. The van der Waals surface area contributed by atoms with E-state index in [4.69, 9.17) is 0 Å². The van der Waals surface area contributed by atoms with Gasteiger partial charge in [-0.1, -0.05) is 13.3 Å². The Balaban J connectivity index is 2.76. The molecule has 0 spiro atoms. The first-order valence-corrected chi connectivity index (χ1v) is 4.69. The molecule has 0 aliphatic heterocycles. The predicted octanol–water partition coefficient (Wildman–Crippen LogP) is 1.97. The van der Waals surface area contributed by atoms with Crippen LogP contribution in [0.5, 0.6) is 0 Å². The van der Waals surface area contributed by atoms with Gasteiger partial charge in [-0.3, -0.25) is 9.48 Å². The van der Waals surface area contributed by atoms with Gasteiger partial charge in [-0.05, 0) is 18.9 Å². The van der Waals surface area contributed by atoms with Crippen LogP contribution in [-0.2, 0) is 13.5 Å². The summed E-state index contributed by atoms with van der Waals surface area (Å²) in [6.07, 6.45) is 3.26. The third kappa shape index (κ3) is 2.41. The van der Waals surface area contributed by atoms with Crippen molar-refractivity contribution >= 4 is 5.78 Å². The molecule has 0 unspecified atom stereocenters. The second-order valence-electron chi connectivity index (χ2n) is 3.30. The van der Waals surface area contributed by atoms with Gasteiger partial charge in [-0.2, -0.15) is 5.10 Å². The van der Waals surface area contributed by atoms with Gasteiger partial charge in [0.1, 0.15) is 5.69 Å². The number of carbonyl (C=O) groups is 1. The maximum absolute atomic E-state index is 11.1. The molecule has 0 bridgehead atoms. The lowest BCUT2D eigenvalue weighted by Crippen LogP contribution is -2.02. The van der Waals surface area contributed by atoms with Crippen LogP contribution in [0.4, 0.5) is 0 Å². The molecule has 0 aliphatic rings. The van der Waals surface area contributed by atoms with Crippen LogP contribution in [-0.4, -0.2) is 15.6 Å². The van der Waals surface area contributed by atoms with Crippen LogP contribution in [0.2, 0.25) is 0 Å². The Morgan fingerprint density at radius 3 is 2.77 bits per heavy atom. The normalized spacial score (nSPS) is 10.4. The number of ketones is 1. The highest BCUT2D eigenvalue weighted by molar-refractivity contribution is 5.92. The SMILES string of the molecule is CCCCc1cc(C(C)=O)n(C)n1. The van der Waals surface area contributed by atoms with Crippen LogP contribution in [0.1, 0.15) is 42.9 Å². The highest BCUT2D eigenvalue weighted by Crippen LogP contribution is 2.07. The zero-order valence-corrected chi connectivity index (χ0v) is 8.50. The van der Waals surface area contributed by atoms with Crippen molar-refractivity contribution in [2.45, 2.75) is 33.1 Å². The molecule has 0 fully saturated rings. The van der Waals surface area contributed by atoms with Crippen LogP contribution in [0, 0.1) is 0 Å². The average Bonchev–Trinajstić information content (AvgIpc) is 2.43. The summed E-state index contributed by atoms with van der Waals surface area (Å²) >= 11 is 0. The van der Waals surface area contributed by atoms with Gasteiger partial charge >= 0.3 is 0 Å². The fourth-order valence-electron chi connectivity index (χ4n) is 1.34. The molecule has 0 amide bonds. The Hall–Kier alpha value is -1.12. The van der Waals surface area contributed by atoms with Crippen molar-refractivity contribution in [2.24, 2.45) is 7.05 Å². The maximum atomic E-state index is 11.1. The molecule has 0 aliphatic carbocycles. The van der Waals surface area contributed by atoms with Gasteiger partial charge in [0.2, 0.25) is 0 Å². The number of hydrogen-bond donors (Lipinski definition) is 0. The Morgan fingerprint density at radius 2 is 2.31 bits per heavy atom. The zero-order valence-electron chi connectivity index (χ0n) is 8.50. The molecule has 0 saturated heterocycles. The summed E-state index contributed by atoms with van der Waals surface area (Å²) in [5.74, 6) is 0.0812. The summed E-state index contributed by atoms with van der Waals surface area (Å²) in [6, 6.07) is 1.89. The molecule has 1 aromatic heterocycles. The lowest BCUT2D eigenvalue weighted by molar-refractivity contribution is 0.100. The third-order valence-electron chi connectivity index (χ3n) is 2.08. The second-order valence-corrected chi connectivity index (χ2v) is 3.30. The third-order valence-corrected chi connectivity index (χ3v) is 2.08. The number of unbranched alkanes of at least 4 members (excludes halogenated alkanes) is 1. The summed E-state index contributed by atoms with van der Waals surface area (Å²) in [4.78, 5) is 11.1. The van der Waals surface area contributed by atoms with Gasteiger partial charge in [0.15, 0.2) is 5.78 Å². The Kier molecular flexibility index (Phi) is 3.23. The maximum Gasteiger partial charge on any atom is 0.177 e. The predicted molar refractivity (Wildman–Crippen MR) is 51.8 cm³/mol. The minimum absolute atomic E-state index is 0.0812. The quantitative estimate of drug-likeness (QED) is 0.664. The summed E-state index contributed by atoms with van der Waals surface area (Å²) in [5.41, 5.74) is 1.72. The molecule has 1 heterocycles. The van der Waals surface area contributed by atoms with E-state index in [0.29, 0.717) is 5.69 Å². The van der Waals surface area contributed by atoms with Crippen LogP contribution in [0.25, 0.3) is 0 Å². The molecule has 0 aromatic carbocycles. The molecule has 0 radical (unpaired) electrons. The topological polar surface area (TPSA) is 34.9 Å². The average molecular weight is 180 g/mol. The molecule has 13 heavy (non-hydrogen) atoms. The van der Waals surface area contributed by atoms with Crippen molar-refractivity contribution in [3.63, 3.8) is 0 Å². The van der Waals surface area contributed by atoms with Gasteiger partial charge in [-0.25, -0.2) is 0 Å². The van der Waals surface area contributed by atoms with Crippen molar-refractivity contribution in [1.82, 2.24) is 9.78 Å². The molecule has 72 valence electrons. The number of nitrogens with zero attached hydrogens (tertiary/aromatic N) is 2. The minimum Gasteiger partial charge on any atom is -0.293 e. The van der Waals surface area contributed by atoms with Crippen molar-refractivity contribution in [3.8, 4) is 0 Å². The summed E-state index contributed by atoms with van der Waals surface area (Å²) in [7, 11) is 1.81. The van der Waals surface area contributed by atoms with E-state index in [-0.39, 0.29) is 5.78 Å². The molecular formula is C10H16N2O. The molecule has 1 rings (SSSR count). The molecule has 0 N–H and O–H groups in total. The van der Waals surface area contributed by atoms with Crippen LogP contribution in [0.15, 0.2) is 6.07 Å². The molecular weight excluding hydrogens is 164 g/mol. The van der Waals surface area contributed by atoms with Gasteiger partial charge in [0.05, 0.1) is 5.69 Å². The summed E-state index contributed by atoms with van der Waals surface area (Å²) in [5, 5.41) is 4.27. The highest BCUT2D eigenvalue weighted by Gasteiger charge is 2.07. The number of rotatable bonds is 4. The van der Waals surface area contributed by atoms with Gasteiger partial charge in [-0.15, -0.1) is 0 Å². The van der Waals surface area contributed by atoms with E-state index < -0.39 is 0 Å². The van der Waals surface area contributed by atoms with E-state index in [9.17, 15) is 4.79 Å². The number of aryl methyl sites for hydroxylation is 2. The zero-order chi connectivity index (χ0) is 9.84. The first-order chi connectivity index (χ1) is 6.15. The van der Waals surface area contributed by atoms with Crippen LogP contribution in [0.3, 0.4) is 0 Å². The monoisotopic (exact) mass is 180 g/mol. The van der Waals surface area contributed by atoms with Gasteiger partial charge in [0, 0.05) is 14.0 Å². The first-order valence-electron chi connectivity index (χ1n) is 4.69. The molecule has 0 saturated carbocycles. The van der Waals surface area contributed by atoms with E-state index in [1.807, 2.05) is 13.1 Å². The highest BCUT2D eigenvalue weighted by atomic mass is 16.1. The summed E-state index contributed by atoms with van der Waals surface area (Å²) < 4.78 is 1.66. The smallest absolute Gasteiger partial charge is 0.177 e. The number of aromatic nitrogens is 2. The Bertz CT molecular complexity index is 302. The van der Waals surface area contributed by atoms with E-state index in [1.165, 1.54) is 0 Å². The summed E-state index contributed by atoms with van der Waals surface area (Å²) in [6.45, 7) is 3.72. The van der Waals surface area contributed by atoms with E-state index in [0.717, 1.165) is 25.0 Å². The van der Waals surface area contributed by atoms with Gasteiger partial charge in [0.25, 0.3) is 0 Å². The van der Waals surface area contributed by atoms with E-state index in [1.54, 1.807) is 11.6 Å². The van der Waals surface area contributed by atoms with Crippen LogP contribution >= 0.6 is 0 Å². The van der Waals surface area contributed by atoms with Crippen molar-refractivity contribution in [3.05, 3.63) is 17.5 Å². The molecule has 1 aromatic rings. The fourth-order valence-corrected chi connectivity index (χ4v) is 1.34. The van der Waals surface area contributed by atoms with E-state index in [2.05, 4.69) is 12.0 Å². The number of carbonyl (C=O) groups excluding carboxylic acids is 1. The van der Waals surface area contributed by atoms with Crippen molar-refractivity contribution in [1.29, 1.82) is 0 Å². The largest absolute Gasteiger partial charge is 0.293 e. The van der Waals surface area contributed by atoms with Crippen molar-refractivity contribution < 1.29 is 4.79 Å². The molecule has 0 atom stereocenters. The van der Waals surface area contributed by atoms with Gasteiger partial charge < -0.3 is 0 Å². The Morgan fingerprint density at radius 1 is 1.62 bits per heavy atom. The van der Waals surface area contributed by atoms with Crippen LogP contribution < -0.4 is 0 Å².